The second kappa shape index (κ2) is 16.9. The third kappa shape index (κ3) is 11.4. The molecule has 40 heavy (non-hydrogen) atoms. The van der Waals surface area contributed by atoms with Gasteiger partial charge in [-0.05, 0) is 49.3 Å². The van der Waals surface area contributed by atoms with Gasteiger partial charge in [-0.3, -0.25) is 19.2 Å². The summed E-state index contributed by atoms with van der Waals surface area (Å²) in [5.74, 6) is -1.42. The van der Waals surface area contributed by atoms with Crippen LogP contribution in [0.5, 0.6) is 0 Å². The average molecular weight is 559 g/mol. The van der Waals surface area contributed by atoms with E-state index in [4.69, 9.17) is 5.73 Å². The van der Waals surface area contributed by atoms with Crippen LogP contribution in [0.2, 0.25) is 0 Å². The quantitative estimate of drug-likeness (QED) is 0.156. The molecule has 1 aliphatic rings. The van der Waals surface area contributed by atoms with Gasteiger partial charge in [0.1, 0.15) is 12.1 Å². The van der Waals surface area contributed by atoms with Gasteiger partial charge < -0.3 is 37.0 Å². The van der Waals surface area contributed by atoms with Gasteiger partial charge in [0.25, 0.3) is 0 Å². The van der Waals surface area contributed by atoms with Crippen molar-refractivity contribution in [3.05, 3.63) is 42.0 Å². The van der Waals surface area contributed by atoms with Crippen LogP contribution in [0.25, 0.3) is 0 Å². The smallest absolute Gasteiger partial charge is 0.312 e. The van der Waals surface area contributed by atoms with Crippen molar-refractivity contribution in [1.29, 1.82) is 0 Å². The Morgan fingerprint density at radius 2 is 1.73 bits per heavy atom. The molecule has 1 aromatic rings. The molecule has 7 N–H and O–H groups in total. The number of rotatable bonds is 17. The summed E-state index contributed by atoms with van der Waals surface area (Å²) in [4.78, 5) is 63.2. The third-order valence-electron chi connectivity index (χ3n) is 6.50. The number of carbonyl (C=O) groups is 5. The number of urea groups is 1. The summed E-state index contributed by atoms with van der Waals surface area (Å²) in [6.45, 7) is 4.99. The van der Waals surface area contributed by atoms with E-state index in [1.54, 1.807) is 49.1 Å². The molecule has 6 amide bonds. The van der Waals surface area contributed by atoms with Crippen LogP contribution in [0, 0.1) is 5.92 Å². The van der Waals surface area contributed by atoms with Gasteiger partial charge in [0.05, 0.1) is 6.61 Å². The molecule has 2 unspecified atom stereocenters. The first kappa shape index (κ1) is 32.3. The topological polar surface area (TPSA) is 183 Å². The van der Waals surface area contributed by atoms with E-state index in [1.165, 1.54) is 0 Å². The highest BCUT2D eigenvalue weighted by Crippen LogP contribution is 2.12. The molecular formula is C28H42N6O6. The minimum absolute atomic E-state index is 0.0132. The van der Waals surface area contributed by atoms with Gasteiger partial charge in [-0.25, -0.2) is 4.79 Å². The predicted octanol–water partition coefficient (Wildman–Crippen LogP) is 1.15. The number of nitrogens with two attached hydrogens (primary N) is 1. The fourth-order valence-corrected chi connectivity index (χ4v) is 4.19. The molecule has 1 heterocycles. The lowest BCUT2D eigenvalue weighted by Gasteiger charge is -2.25. The fourth-order valence-electron chi connectivity index (χ4n) is 4.19. The summed E-state index contributed by atoms with van der Waals surface area (Å²) in [5.41, 5.74) is 6.29. The maximum Gasteiger partial charge on any atom is 0.312 e. The lowest BCUT2D eigenvalue weighted by atomic mass is 10.0. The first-order valence-corrected chi connectivity index (χ1v) is 13.7. The second-order valence-corrected chi connectivity index (χ2v) is 10.1. The van der Waals surface area contributed by atoms with Crippen molar-refractivity contribution < 1.29 is 29.1 Å². The van der Waals surface area contributed by atoms with Crippen molar-refractivity contribution in [3.8, 4) is 0 Å². The van der Waals surface area contributed by atoms with Crippen LogP contribution in [-0.2, 0) is 25.8 Å². The van der Waals surface area contributed by atoms with Crippen LogP contribution in [0.3, 0.4) is 0 Å². The maximum atomic E-state index is 13.2. The van der Waals surface area contributed by atoms with E-state index in [9.17, 15) is 29.1 Å². The number of anilines is 1. The Morgan fingerprint density at radius 1 is 1.00 bits per heavy atom. The van der Waals surface area contributed by atoms with E-state index in [0.717, 1.165) is 12.8 Å². The Morgan fingerprint density at radius 3 is 2.33 bits per heavy atom. The highest BCUT2D eigenvalue weighted by atomic mass is 16.3. The lowest BCUT2D eigenvalue weighted by Crippen LogP contribution is -2.54. The Balaban J connectivity index is 1.91. The van der Waals surface area contributed by atoms with Gasteiger partial charge in [0, 0.05) is 37.8 Å². The van der Waals surface area contributed by atoms with E-state index in [0.29, 0.717) is 37.2 Å². The lowest BCUT2D eigenvalue weighted by molar-refractivity contribution is -0.132. The molecule has 0 saturated carbocycles. The summed E-state index contributed by atoms with van der Waals surface area (Å²) >= 11 is 0. The van der Waals surface area contributed by atoms with Crippen LogP contribution >= 0.6 is 0 Å². The highest BCUT2D eigenvalue weighted by molar-refractivity contribution is 5.98. The second-order valence-electron chi connectivity index (χ2n) is 10.1. The maximum absolute atomic E-state index is 13.2. The number of benzene rings is 1. The number of aliphatic hydroxyl groups excluding tert-OH is 1. The molecule has 0 aliphatic carbocycles. The summed E-state index contributed by atoms with van der Waals surface area (Å²) in [5, 5.41) is 20.0. The number of carbonyl (C=O) groups excluding carboxylic acids is 5. The standard InChI is InChI=1S/C28H42N6O6/c1-19(2)25(33-23(36)9-4-3-5-16-34-17-7-10-24(34)37)27(39)32-22(8-6-15-30-28(29)40)26(38)31-21-13-11-20(18-35)12-14-21/h7,10-14,19,22,25,35H,3-6,8-9,15-18H2,1-2H3,(H,31,38)(H,32,39)(H,33,36)(H3,29,30,40). The molecule has 0 bridgehead atoms. The summed E-state index contributed by atoms with van der Waals surface area (Å²) in [6, 6.07) is 4.19. The first-order chi connectivity index (χ1) is 19.1. The largest absolute Gasteiger partial charge is 0.392 e. The minimum atomic E-state index is -0.930. The van der Waals surface area contributed by atoms with Gasteiger partial charge in [-0.1, -0.05) is 38.5 Å². The van der Waals surface area contributed by atoms with Crippen molar-refractivity contribution in [2.75, 3.05) is 25.0 Å². The number of primary amides is 1. The van der Waals surface area contributed by atoms with Crippen LogP contribution in [0.1, 0.15) is 57.9 Å². The molecule has 0 spiro atoms. The van der Waals surface area contributed by atoms with Gasteiger partial charge in [-0.2, -0.15) is 0 Å². The van der Waals surface area contributed by atoms with E-state index >= 15 is 0 Å². The molecule has 0 saturated heterocycles. The van der Waals surface area contributed by atoms with Crippen molar-refractivity contribution in [2.45, 2.75) is 71.1 Å². The summed E-state index contributed by atoms with van der Waals surface area (Å²) in [7, 11) is 0. The van der Waals surface area contributed by atoms with Gasteiger partial charge >= 0.3 is 6.03 Å². The van der Waals surface area contributed by atoms with Crippen molar-refractivity contribution in [1.82, 2.24) is 20.9 Å². The molecule has 2 rings (SSSR count). The normalized spacial score (nSPS) is 14.1. The van der Waals surface area contributed by atoms with E-state index in [-0.39, 0.29) is 43.7 Å². The minimum Gasteiger partial charge on any atom is -0.392 e. The zero-order chi connectivity index (χ0) is 29.5. The molecule has 220 valence electrons. The Labute approximate surface area is 235 Å². The summed E-state index contributed by atoms with van der Waals surface area (Å²) < 4.78 is 0. The Hall–Kier alpha value is -3.93. The molecule has 0 aromatic heterocycles. The fraction of sp³-hybridized carbons (Fsp3) is 0.536. The zero-order valence-corrected chi connectivity index (χ0v) is 23.3. The first-order valence-electron chi connectivity index (χ1n) is 13.7. The van der Waals surface area contributed by atoms with Gasteiger partial charge in [-0.15, -0.1) is 0 Å². The predicted molar refractivity (Wildman–Crippen MR) is 151 cm³/mol. The number of nitrogens with zero attached hydrogens (tertiary/aromatic N) is 1. The zero-order valence-electron chi connectivity index (χ0n) is 23.3. The molecule has 12 heteroatoms. The van der Waals surface area contributed by atoms with Gasteiger partial charge in [0.2, 0.25) is 23.6 Å². The van der Waals surface area contributed by atoms with Crippen LogP contribution < -0.4 is 27.0 Å². The molecule has 0 fully saturated rings. The van der Waals surface area contributed by atoms with Crippen LogP contribution in [-0.4, -0.2) is 71.4 Å². The van der Waals surface area contributed by atoms with Crippen molar-refractivity contribution >= 4 is 35.3 Å². The molecule has 1 aliphatic heterocycles. The third-order valence-corrected chi connectivity index (χ3v) is 6.50. The van der Waals surface area contributed by atoms with Crippen molar-refractivity contribution in [3.63, 3.8) is 0 Å². The van der Waals surface area contributed by atoms with E-state index in [2.05, 4.69) is 21.3 Å². The van der Waals surface area contributed by atoms with Gasteiger partial charge in [0.15, 0.2) is 0 Å². The highest BCUT2D eigenvalue weighted by Gasteiger charge is 2.28. The van der Waals surface area contributed by atoms with Crippen LogP contribution in [0.4, 0.5) is 10.5 Å². The number of unbranched alkanes of at least 4 members (excludes halogenated alkanes) is 2. The average Bonchev–Trinajstić information content (AvgIpc) is 3.33. The van der Waals surface area contributed by atoms with Crippen LogP contribution in [0.15, 0.2) is 36.4 Å². The van der Waals surface area contributed by atoms with E-state index < -0.39 is 29.9 Å². The number of hydrogen-bond donors (Lipinski definition) is 6. The molecule has 2 atom stereocenters. The summed E-state index contributed by atoms with van der Waals surface area (Å²) in [6.07, 6.45) is 6.43. The Kier molecular flexibility index (Phi) is 13.6. The number of aliphatic hydroxyl groups is 1. The SMILES string of the molecule is CC(C)C(NC(=O)CCCCCN1CC=CC1=O)C(=O)NC(CCCNC(N)=O)C(=O)Nc1ccc(CO)cc1. The Bertz CT molecular complexity index is 1040. The number of hydrogen-bond acceptors (Lipinski definition) is 6. The monoisotopic (exact) mass is 558 g/mol. The molecule has 1 aromatic carbocycles. The van der Waals surface area contributed by atoms with E-state index in [1.807, 2.05) is 6.08 Å². The molecular weight excluding hydrogens is 516 g/mol. The van der Waals surface area contributed by atoms with Crippen molar-refractivity contribution in [2.24, 2.45) is 11.7 Å². The number of nitrogens with one attached hydrogen (secondary N) is 4. The molecule has 12 nitrogen and oxygen atoms in total. The number of amides is 6. The molecule has 0 radical (unpaired) electrons.